The zero-order valence-corrected chi connectivity index (χ0v) is 18.3. The van der Waals surface area contributed by atoms with Crippen LogP contribution in [0.2, 0.25) is 5.02 Å². The lowest BCUT2D eigenvalue weighted by atomic mass is 10.2. The first kappa shape index (κ1) is 20.7. The maximum absolute atomic E-state index is 12.9. The second-order valence-corrected chi connectivity index (χ2v) is 8.79. The lowest BCUT2D eigenvalue weighted by Crippen LogP contribution is -2.27. The van der Waals surface area contributed by atoms with Crippen LogP contribution in [0.25, 0.3) is 6.08 Å². The van der Waals surface area contributed by atoms with Crippen molar-refractivity contribution in [3.8, 4) is 5.75 Å². The van der Waals surface area contributed by atoms with E-state index in [0.717, 1.165) is 16.7 Å². The van der Waals surface area contributed by atoms with Gasteiger partial charge in [-0.15, -0.1) is 0 Å². The van der Waals surface area contributed by atoms with Crippen molar-refractivity contribution in [1.29, 1.82) is 0 Å². The van der Waals surface area contributed by atoms with E-state index >= 15 is 0 Å². The molecule has 1 amide bonds. The first-order valence-corrected chi connectivity index (χ1v) is 11.0. The number of nitrogens with zero attached hydrogens (tertiary/aromatic N) is 1. The molecule has 1 aliphatic rings. The van der Waals surface area contributed by atoms with Gasteiger partial charge in [-0.2, -0.15) is 0 Å². The number of thiocarbonyl (C=S) groups is 1. The SMILES string of the molecule is O=C1/C(=C/c2cccc(OCc3ccccc3Cl)c2)SC(=S)N1Cc1ccccc1. The minimum absolute atomic E-state index is 0.0729. The van der Waals surface area contributed by atoms with Gasteiger partial charge in [0.1, 0.15) is 16.7 Å². The highest BCUT2D eigenvalue weighted by molar-refractivity contribution is 8.26. The van der Waals surface area contributed by atoms with E-state index in [0.29, 0.717) is 33.1 Å². The standard InChI is InChI=1S/C24H18ClNO2S2/c25-21-12-5-4-10-19(21)16-28-20-11-6-9-18(13-20)14-22-23(27)26(24(29)30-22)15-17-7-2-1-3-8-17/h1-14H,15-16H2/b22-14-. The zero-order chi connectivity index (χ0) is 20.9. The number of halogens is 1. The molecule has 1 heterocycles. The van der Waals surface area contributed by atoms with Crippen LogP contribution in [-0.4, -0.2) is 15.1 Å². The molecule has 3 aromatic carbocycles. The number of rotatable bonds is 6. The van der Waals surface area contributed by atoms with Gasteiger partial charge in [-0.1, -0.05) is 96.2 Å². The minimum Gasteiger partial charge on any atom is -0.489 e. The molecule has 1 fully saturated rings. The van der Waals surface area contributed by atoms with E-state index in [2.05, 4.69) is 0 Å². The van der Waals surface area contributed by atoms with Crippen LogP contribution in [0, 0.1) is 0 Å². The van der Waals surface area contributed by atoms with Crippen LogP contribution in [0.3, 0.4) is 0 Å². The topological polar surface area (TPSA) is 29.5 Å². The van der Waals surface area contributed by atoms with Gasteiger partial charge in [0.2, 0.25) is 0 Å². The smallest absolute Gasteiger partial charge is 0.266 e. The largest absolute Gasteiger partial charge is 0.489 e. The van der Waals surface area contributed by atoms with E-state index in [-0.39, 0.29) is 5.91 Å². The summed E-state index contributed by atoms with van der Waals surface area (Å²) in [6, 6.07) is 25.1. The molecule has 0 N–H and O–H groups in total. The molecule has 0 spiro atoms. The summed E-state index contributed by atoms with van der Waals surface area (Å²) in [5.41, 5.74) is 2.85. The summed E-state index contributed by atoms with van der Waals surface area (Å²) in [5, 5.41) is 0.677. The first-order chi connectivity index (χ1) is 14.6. The highest BCUT2D eigenvalue weighted by Crippen LogP contribution is 2.34. The number of carbonyl (C=O) groups is 1. The van der Waals surface area contributed by atoms with Crippen LogP contribution in [0.4, 0.5) is 0 Å². The third-order valence-electron chi connectivity index (χ3n) is 4.57. The minimum atomic E-state index is -0.0729. The summed E-state index contributed by atoms with van der Waals surface area (Å²) >= 11 is 12.9. The average Bonchev–Trinajstić information content (AvgIpc) is 3.01. The molecule has 0 atom stereocenters. The van der Waals surface area contributed by atoms with Crippen molar-refractivity contribution in [2.75, 3.05) is 0 Å². The van der Waals surface area contributed by atoms with Gasteiger partial charge in [0.25, 0.3) is 5.91 Å². The summed E-state index contributed by atoms with van der Waals surface area (Å²) < 4.78 is 6.46. The van der Waals surface area contributed by atoms with Crippen molar-refractivity contribution in [1.82, 2.24) is 4.90 Å². The van der Waals surface area contributed by atoms with E-state index in [9.17, 15) is 4.79 Å². The molecule has 0 bridgehead atoms. The van der Waals surface area contributed by atoms with Gasteiger partial charge in [-0.3, -0.25) is 9.69 Å². The molecule has 0 unspecified atom stereocenters. The Morgan fingerprint density at radius 1 is 1.00 bits per heavy atom. The van der Waals surface area contributed by atoms with Crippen LogP contribution >= 0.6 is 35.6 Å². The van der Waals surface area contributed by atoms with Crippen molar-refractivity contribution < 1.29 is 9.53 Å². The van der Waals surface area contributed by atoms with Gasteiger partial charge in [-0.05, 0) is 35.4 Å². The normalized spacial score (nSPS) is 15.1. The Morgan fingerprint density at radius 2 is 1.77 bits per heavy atom. The molecule has 0 radical (unpaired) electrons. The summed E-state index contributed by atoms with van der Waals surface area (Å²) in [6.45, 7) is 0.853. The van der Waals surface area contributed by atoms with Crippen molar-refractivity contribution in [3.05, 3.63) is 105 Å². The van der Waals surface area contributed by atoms with Gasteiger partial charge >= 0.3 is 0 Å². The summed E-state index contributed by atoms with van der Waals surface area (Å²) in [6.07, 6.45) is 1.85. The summed E-state index contributed by atoms with van der Waals surface area (Å²) in [4.78, 5) is 15.1. The average molecular weight is 452 g/mol. The van der Waals surface area contributed by atoms with E-state index in [4.69, 9.17) is 28.6 Å². The number of amides is 1. The first-order valence-electron chi connectivity index (χ1n) is 9.36. The zero-order valence-electron chi connectivity index (χ0n) is 16.0. The van der Waals surface area contributed by atoms with Crippen molar-refractivity contribution in [3.63, 3.8) is 0 Å². The summed E-state index contributed by atoms with van der Waals surface area (Å²) in [5.74, 6) is 0.639. The fraction of sp³-hybridized carbons (Fsp3) is 0.0833. The van der Waals surface area contributed by atoms with E-state index in [1.807, 2.05) is 84.9 Å². The molecule has 1 saturated heterocycles. The van der Waals surface area contributed by atoms with Gasteiger partial charge < -0.3 is 4.74 Å². The Morgan fingerprint density at radius 3 is 2.57 bits per heavy atom. The predicted octanol–water partition coefficient (Wildman–Crippen LogP) is 6.32. The van der Waals surface area contributed by atoms with Crippen molar-refractivity contribution in [2.45, 2.75) is 13.2 Å². The molecule has 1 aliphatic heterocycles. The third-order valence-corrected chi connectivity index (χ3v) is 6.31. The third kappa shape index (κ3) is 4.93. The lowest BCUT2D eigenvalue weighted by molar-refractivity contribution is -0.122. The Balaban J connectivity index is 1.47. The van der Waals surface area contributed by atoms with E-state index < -0.39 is 0 Å². The van der Waals surface area contributed by atoms with Crippen LogP contribution < -0.4 is 4.74 Å². The fourth-order valence-electron chi connectivity index (χ4n) is 3.02. The quantitative estimate of drug-likeness (QED) is 0.324. The molecule has 150 valence electrons. The molecular weight excluding hydrogens is 434 g/mol. The van der Waals surface area contributed by atoms with Gasteiger partial charge in [0, 0.05) is 10.6 Å². The number of hydrogen-bond donors (Lipinski definition) is 0. The van der Waals surface area contributed by atoms with E-state index in [1.165, 1.54) is 11.8 Å². The molecule has 3 nitrogen and oxygen atoms in total. The Bertz CT molecular complexity index is 1110. The van der Waals surface area contributed by atoms with Crippen molar-refractivity contribution in [2.24, 2.45) is 0 Å². The van der Waals surface area contributed by atoms with Gasteiger partial charge in [0.15, 0.2) is 0 Å². The number of hydrogen-bond acceptors (Lipinski definition) is 4. The van der Waals surface area contributed by atoms with Crippen LogP contribution in [0.5, 0.6) is 5.75 Å². The lowest BCUT2D eigenvalue weighted by Gasteiger charge is -2.14. The van der Waals surface area contributed by atoms with Crippen LogP contribution in [0.1, 0.15) is 16.7 Å². The van der Waals surface area contributed by atoms with E-state index in [1.54, 1.807) is 4.90 Å². The van der Waals surface area contributed by atoms with Crippen LogP contribution in [-0.2, 0) is 17.9 Å². The molecule has 0 aromatic heterocycles. The molecule has 3 aromatic rings. The highest BCUT2D eigenvalue weighted by Gasteiger charge is 2.31. The fourth-order valence-corrected chi connectivity index (χ4v) is 4.47. The van der Waals surface area contributed by atoms with Gasteiger partial charge in [0.05, 0.1) is 11.4 Å². The second-order valence-electron chi connectivity index (χ2n) is 6.71. The Labute approximate surface area is 190 Å². The second kappa shape index (κ2) is 9.47. The molecule has 30 heavy (non-hydrogen) atoms. The summed E-state index contributed by atoms with van der Waals surface area (Å²) in [7, 11) is 0. The maximum Gasteiger partial charge on any atom is 0.266 e. The molecule has 0 saturated carbocycles. The molecule has 4 rings (SSSR count). The predicted molar refractivity (Wildman–Crippen MR) is 127 cm³/mol. The number of ether oxygens (including phenoxy) is 1. The maximum atomic E-state index is 12.9. The highest BCUT2D eigenvalue weighted by atomic mass is 35.5. The number of thioether (sulfide) groups is 1. The monoisotopic (exact) mass is 451 g/mol. The molecule has 6 heteroatoms. The van der Waals surface area contributed by atoms with Crippen LogP contribution in [0.15, 0.2) is 83.8 Å². The van der Waals surface area contributed by atoms with Crippen molar-refractivity contribution >= 4 is 51.9 Å². The number of benzene rings is 3. The molecule has 0 aliphatic carbocycles. The Hall–Kier alpha value is -2.60. The Kier molecular flexibility index (Phi) is 6.53. The number of carbonyl (C=O) groups excluding carboxylic acids is 1. The van der Waals surface area contributed by atoms with Gasteiger partial charge in [-0.25, -0.2) is 0 Å². The molecular formula is C24H18ClNO2S2.